The van der Waals surface area contributed by atoms with Gasteiger partial charge >= 0.3 is 12.0 Å². The Morgan fingerprint density at radius 3 is 2.69 bits per heavy atom. The van der Waals surface area contributed by atoms with Crippen LogP contribution in [0.5, 0.6) is 0 Å². The van der Waals surface area contributed by atoms with Crippen molar-refractivity contribution in [3.63, 3.8) is 0 Å². The second kappa shape index (κ2) is 10.2. The summed E-state index contributed by atoms with van der Waals surface area (Å²) in [6.07, 6.45) is 10.2. The van der Waals surface area contributed by atoms with Crippen LogP contribution in [-0.2, 0) is 20.9 Å². The summed E-state index contributed by atoms with van der Waals surface area (Å²) < 4.78 is 6.61. The summed E-state index contributed by atoms with van der Waals surface area (Å²) in [4.78, 5) is 35.2. The number of hydrogen-bond donors (Lipinski definition) is 2. The van der Waals surface area contributed by atoms with Gasteiger partial charge in [0.2, 0.25) is 0 Å². The van der Waals surface area contributed by atoms with E-state index >= 15 is 0 Å². The molecule has 0 spiro atoms. The molecule has 8 nitrogen and oxygen atoms in total. The van der Waals surface area contributed by atoms with E-state index in [1.807, 2.05) is 30.3 Å². The van der Waals surface area contributed by atoms with Gasteiger partial charge in [-0.15, -0.1) is 0 Å². The highest BCUT2D eigenvalue weighted by molar-refractivity contribution is 5.96. The minimum absolute atomic E-state index is 0.107. The van der Waals surface area contributed by atoms with Gasteiger partial charge in [0, 0.05) is 23.9 Å². The average Bonchev–Trinajstić information content (AvgIpc) is 3.37. The fraction of sp³-hybridized carbons (Fsp3) is 0.333. The van der Waals surface area contributed by atoms with Crippen molar-refractivity contribution in [2.24, 2.45) is 0 Å². The monoisotopic (exact) mass is 396 g/mol. The molecule has 1 fully saturated rings. The molecule has 1 aliphatic rings. The first-order chi connectivity index (χ1) is 14.1. The van der Waals surface area contributed by atoms with Crippen molar-refractivity contribution >= 4 is 24.0 Å². The summed E-state index contributed by atoms with van der Waals surface area (Å²) in [6, 6.07) is 9.44. The number of esters is 1. The van der Waals surface area contributed by atoms with Gasteiger partial charge in [0.05, 0.1) is 12.7 Å². The number of hydrogen-bond acceptors (Lipinski definition) is 5. The summed E-state index contributed by atoms with van der Waals surface area (Å²) in [6.45, 7) is 0.108. The first-order valence-corrected chi connectivity index (χ1v) is 9.60. The van der Waals surface area contributed by atoms with Gasteiger partial charge in [0.25, 0.3) is 5.91 Å². The molecule has 1 aromatic carbocycles. The largest absolute Gasteiger partial charge is 0.452 e. The summed E-state index contributed by atoms with van der Waals surface area (Å²) in [5, 5.41) is 9.13. The van der Waals surface area contributed by atoms with E-state index in [9.17, 15) is 14.4 Å². The third-order valence-electron chi connectivity index (χ3n) is 4.54. The van der Waals surface area contributed by atoms with Crippen LogP contribution in [0.15, 0.2) is 48.8 Å². The Bertz CT molecular complexity index is 870. The van der Waals surface area contributed by atoms with Crippen LogP contribution in [0.1, 0.15) is 36.8 Å². The van der Waals surface area contributed by atoms with Crippen LogP contribution in [0, 0.1) is 0 Å². The van der Waals surface area contributed by atoms with Crippen LogP contribution in [0.25, 0.3) is 6.08 Å². The maximum absolute atomic E-state index is 11.8. The molecule has 1 saturated carbocycles. The van der Waals surface area contributed by atoms with Gasteiger partial charge in [-0.3, -0.25) is 14.8 Å². The van der Waals surface area contributed by atoms with Crippen molar-refractivity contribution in [1.82, 2.24) is 20.4 Å². The Balaban J connectivity index is 1.38. The summed E-state index contributed by atoms with van der Waals surface area (Å²) in [7, 11) is 0. The second-order valence-corrected chi connectivity index (χ2v) is 6.90. The van der Waals surface area contributed by atoms with Gasteiger partial charge in [0.1, 0.15) is 0 Å². The van der Waals surface area contributed by atoms with Crippen LogP contribution in [0.2, 0.25) is 0 Å². The lowest BCUT2D eigenvalue weighted by atomic mass is 10.2. The molecule has 0 radical (unpaired) electrons. The van der Waals surface area contributed by atoms with E-state index in [0.29, 0.717) is 6.54 Å². The minimum Gasteiger partial charge on any atom is -0.452 e. The van der Waals surface area contributed by atoms with E-state index < -0.39 is 24.5 Å². The maximum atomic E-state index is 11.8. The summed E-state index contributed by atoms with van der Waals surface area (Å²) in [5.41, 5.74) is 1.85. The van der Waals surface area contributed by atoms with E-state index in [1.165, 1.54) is 6.08 Å². The lowest BCUT2D eigenvalue weighted by Gasteiger charge is -2.12. The van der Waals surface area contributed by atoms with Crippen molar-refractivity contribution in [3.8, 4) is 0 Å². The van der Waals surface area contributed by atoms with Crippen molar-refractivity contribution in [3.05, 3.63) is 59.9 Å². The molecule has 2 aromatic rings. The zero-order chi connectivity index (χ0) is 20.5. The van der Waals surface area contributed by atoms with E-state index in [2.05, 4.69) is 15.7 Å². The number of nitrogens with one attached hydrogen (secondary N) is 2. The molecule has 2 N–H and O–H groups in total. The van der Waals surface area contributed by atoms with Gasteiger partial charge in [-0.05, 0) is 24.5 Å². The predicted molar refractivity (Wildman–Crippen MR) is 107 cm³/mol. The number of imide groups is 1. The van der Waals surface area contributed by atoms with Gasteiger partial charge in [0.15, 0.2) is 6.61 Å². The molecular formula is C21H24N4O4. The average molecular weight is 396 g/mol. The Morgan fingerprint density at radius 2 is 1.93 bits per heavy atom. The molecule has 1 heterocycles. The number of nitrogens with zero attached hydrogens (tertiary/aromatic N) is 2. The molecule has 3 rings (SSSR count). The van der Waals surface area contributed by atoms with E-state index in [-0.39, 0.29) is 6.04 Å². The fourth-order valence-electron chi connectivity index (χ4n) is 3.13. The normalized spacial score (nSPS) is 14.1. The molecule has 1 aromatic heterocycles. The smallest absolute Gasteiger partial charge is 0.331 e. The third-order valence-corrected chi connectivity index (χ3v) is 4.54. The first kappa shape index (κ1) is 20.3. The molecule has 0 saturated heterocycles. The molecule has 0 aliphatic heterocycles. The van der Waals surface area contributed by atoms with Gasteiger partial charge in [-0.2, -0.15) is 5.10 Å². The number of carbonyl (C=O) groups excluding carboxylic acids is 3. The van der Waals surface area contributed by atoms with Crippen LogP contribution >= 0.6 is 0 Å². The number of ether oxygens (including phenoxy) is 1. The molecule has 1 aliphatic carbocycles. The lowest BCUT2D eigenvalue weighted by molar-refractivity contribution is -0.143. The Hall–Kier alpha value is -3.42. The topological polar surface area (TPSA) is 102 Å². The molecule has 8 heteroatoms. The van der Waals surface area contributed by atoms with Crippen molar-refractivity contribution < 1.29 is 19.1 Å². The van der Waals surface area contributed by atoms with Crippen LogP contribution in [0.3, 0.4) is 0 Å². The number of benzene rings is 1. The molecule has 29 heavy (non-hydrogen) atoms. The van der Waals surface area contributed by atoms with E-state index in [1.54, 1.807) is 23.2 Å². The fourth-order valence-corrected chi connectivity index (χ4v) is 3.13. The number of aromatic nitrogens is 2. The van der Waals surface area contributed by atoms with E-state index in [4.69, 9.17) is 4.74 Å². The SMILES string of the molecule is O=C(COC(=O)/C=C/c1cnn(Cc2ccccc2)c1)NC(=O)NC1CCCC1. The van der Waals surface area contributed by atoms with Crippen LogP contribution < -0.4 is 10.6 Å². The zero-order valence-corrected chi connectivity index (χ0v) is 16.0. The predicted octanol–water partition coefficient (Wildman–Crippen LogP) is 2.26. The maximum Gasteiger partial charge on any atom is 0.331 e. The number of carbonyl (C=O) groups is 3. The third kappa shape index (κ3) is 6.91. The van der Waals surface area contributed by atoms with Crippen molar-refractivity contribution in [1.29, 1.82) is 0 Å². The highest BCUT2D eigenvalue weighted by Gasteiger charge is 2.18. The summed E-state index contributed by atoms with van der Waals surface area (Å²) >= 11 is 0. The number of urea groups is 1. The van der Waals surface area contributed by atoms with Crippen molar-refractivity contribution in [2.75, 3.05) is 6.61 Å². The molecule has 0 atom stereocenters. The highest BCUT2D eigenvalue weighted by Crippen LogP contribution is 2.17. The zero-order valence-electron chi connectivity index (χ0n) is 16.0. The van der Waals surface area contributed by atoms with Gasteiger partial charge in [-0.25, -0.2) is 9.59 Å². The quantitative estimate of drug-likeness (QED) is 0.552. The molecule has 0 bridgehead atoms. The highest BCUT2D eigenvalue weighted by atomic mass is 16.5. The minimum atomic E-state index is -0.674. The first-order valence-electron chi connectivity index (χ1n) is 9.60. The molecular weight excluding hydrogens is 372 g/mol. The van der Waals surface area contributed by atoms with Crippen LogP contribution in [0.4, 0.5) is 4.79 Å². The molecule has 0 unspecified atom stereocenters. The number of amides is 3. The van der Waals surface area contributed by atoms with Gasteiger partial charge < -0.3 is 10.1 Å². The molecule has 3 amide bonds. The van der Waals surface area contributed by atoms with Crippen LogP contribution in [-0.4, -0.2) is 40.3 Å². The standard InChI is InChI=1S/C21H24N4O4/c26-19(24-21(28)23-18-8-4-5-9-18)15-29-20(27)11-10-17-12-22-25(14-17)13-16-6-2-1-3-7-16/h1-3,6-7,10-12,14,18H,4-5,8-9,13,15H2,(H2,23,24,26,28)/b11-10+. The Morgan fingerprint density at radius 1 is 1.17 bits per heavy atom. The lowest BCUT2D eigenvalue weighted by Crippen LogP contribution is -2.44. The second-order valence-electron chi connectivity index (χ2n) is 6.90. The molecule has 152 valence electrons. The Labute approximate surface area is 168 Å². The van der Waals surface area contributed by atoms with Gasteiger partial charge in [-0.1, -0.05) is 43.2 Å². The van der Waals surface area contributed by atoms with E-state index in [0.717, 1.165) is 36.8 Å². The Kier molecular flexibility index (Phi) is 7.16. The van der Waals surface area contributed by atoms with Crippen molar-refractivity contribution in [2.45, 2.75) is 38.3 Å². The summed E-state index contributed by atoms with van der Waals surface area (Å²) in [5.74, 6) is -1.34. The number of rotatable bonds is 7.